The molecule has 6 heteroatoms. The number of amides is 2. The SMILES string of the molecule is Cc1ccc([C@H](C)NC(=O)CSCC(N)=O)o1. The van der Waals surface area contributed by atoms with E-state index in [1.807, 2.05) is 26.0 Å². The van der Waals surface area contributed by atoms with Gasteiger partial charge in [-0.15, -0.1) is 11.8 Å². The Hall–Kier alpha value is -1.43. The molecule has 0 saturated heterocycles. The zero-order chi connectivity index (χ0) is 12.8. The van der Waals surface area contributed by atoms with Crippen molar-refractivity contribution in [2.45, 2.75) is 19.9 Å². The molecule has 3 N–H and O–H groups in total. The van der Waals surface area contributed by atoms with Crippen molar-refractivity contribution < 1.29 is 14.0 Å². The minimum absolute atomic E-state index is 0.141. The van der Waals surface area contributed by atoms with Crippen LogP contribution in [0.1, 0.15) is 24.5 Å². The Kier molecular flexibility index (Phi) is 5.09. The van der Waals surface area contributed by atoms with Crippen molar-refractivity contribution in [1.82, 2.24) is 5.32 Å². The van der Waals surface area contributed by atoms with Gasteiger partial charge in [-0.2, -0.15) is 0 Å². The van der Waals surface area contributed by atoms with Crippen LogP contribution >= 0.6 is 11.8 Å². The molecule has 0 fully saturated rings. The molecule has 94 valence electrons. The summed E-state index contributed by atoms with van der Waals surface area (Å²) >= 11 is 1.19. The third-order valence-electron chi connectivity index (χ3n) is 2.04. The van der Waals surface area contributed by atoms with E-state index in [0.717, 1.165) is 11.5 Å². The minimum atomic E-state index is -0.419. The van der Waals surface area contributed by atoms with E-state index in [9.17, 15) is 9.59 Å². The monoisotopic (exact) mass is 256 g/mol. The second kappa shape index (κ2) is 6.34. The lowest BCUT2D eigenvalue weighted by Crippen LogP contribution is -2.28. The van der Waals surface area contributed by atoms with Gasteiger partial charge in [0, 0.05) is 0 Å². The number of carbonyl (C=O) groups is 2. The van der Waals surface area contributed by atoms with E-state index in [-0.39, 0.29) is 23.5 Å². The molecule has 0 aromatic carbocycles. The van der Waals surface area contributed by atoms with Crippen molar-refractivity contribution in [3.05, 3.63) is 23.7 Å². The highest BCUT2D eigenvalue weighted by Crippen LogP contribution is 2.15. The number of hydrogen-bond acceptors (Lipinski definition) is 4. The summed E-state index contributed by atoms with van der Waals surface area (Å²) in [6.45, 7) is 3.69. The molecule has 0 bridgehead atoms. The molecule has 17 heavy (non-hydrogen) atoms. The Morgan fingerprint density at radius 1 is 1.47 bits per heavy atom. The zero-order valence-corrected chi connectivity index (χ0v) is 10.7. The van der Waals surface area contributed by atoms with Crippen molar-refractivity contribution in [3.8, 4) is 0 Å². The van der Waals surface area contributed by atoms with E-state index >= 15 is 0 Å². The van der Waals surface area contributed by atoms with Gasteiger partial charge in [0.05, 0.1) is 17.5 Å². The van der Waals surface area contributed by atoms with E-state index in [1.54, 1.807) is 0 Å². The maximum absolute atomic E-state index is 11.5. The fourth-order valence-corrected chi connectivity index (χ4v) is 1.86. The summed E-state index contributed by atoms with van der Waals surface area (Å²) in [4.78, 5) is 22.0. The fourth-order valence-electron chi connectivity index (χ4n) is 1.28. The Balaban J connectivity index is 2.33. The molecule has 0 saturated carbocycles. The van der Waals surface area contributed by atoms with Gasteiger partial charge in [0.1, 0.15) is 11.5 Å². The molecule has 0 aliphatic rings. The summed E-state index contributed by atoms with van der Waals surface area (Å²) in [6, 6.07) is 3.50. The van der Waals surface area contributed by atoms with E-state index in [4.69, 9.17) is 10.2 Å². The van der Waals surface area contributed by atoms with Crippen LogP contribution < -0.4 is 11.1 Å². The summed E-state index contributed by atoms with van der Waals surface area (Å²) in [5.74, 6) is 1.34. The largest absolute Gasteiger partial charge is 0.464 e. The highest BCUT2D eigenvalue weighted by atomic mass is 32.2. The van der Waals surface area contributed by atoms with Gasteiger partial charge in [-0.25, -0.2) is 0 Å². The van der Waals surface area contributed by atoms with Gasteiger partial charge in [-0.1, -0.05) is 0 Å². The van der Waals surface area contributed by atoms with Crippen LogP contribution in [0.4, 0.5) is 0 Å². The maximum atomic E-state index is 11.5. The predicted molar refractivity (Wildman–Crippen MR) is 66.5 cm³/mol. The van der Waals surface area contributed by atoms with Crippen molar-refractivity contribution in [2.24, 2.45) is 5.73 Å². The number of aryl methyl sites for hydroxylation is 1. The van der Waals surface area contributed by atoms with Crippen molar-refractivity contribution in [3.63, 3.8) is 0 Å². The molecule has 0 radical (unpaired) electrons. The van der Waals surface area contributed by atoms with Crippen molar-refractivity contribution >= 4 is 23.6 Å². The standard InChI is InChI=1S/C11H16N2O3S/c1-7-3-4-9(16-7)8(2)13-11(15)6-17-5-10(12)14/h3-4,8H,5-6H2,1-2H3,(H2,12,14)(H,13,15)/t8-/m0/s1. The van der Waals surface area contributed by atoms with Gasteiger partial charge >= 0.3 is 0 Å². The minimum Gasteiger partial charge on any atom is -0.464 e. The Morgan fingerprint density at radius 3 is 2.71 bits per heavy atom. The number of nitrogens with one attached hydrogen (secondary N) is 1. The topological polar surface area (TPSA) is 85.3 Å². The average molecular weight is 256 g/mol. The quantitative estimate of drug-likeness (QED) is 0.794. The molecule has 1 aromatic heterocycles. The number of furan rings is 1. The van der Waals surface area contributed by atoms with Crippen LogP contribution in [0.3, 0.4) is 0 Å². The smallest absolute Gasteiger partial charge is 0.230 e. The Morgan fingerprint density at radius 2 is 2.18 bits per heavy atom. The van der Waals surface area contributed by atoms with Crippen LogP contribution in [0.15, 0.2) is 16.5 Å². The molecule has 5 nitrogen and oxygen atoms in total. The van der Waals surface area contributed by atoms with Gasteiger partial charge in [0.25, 0.3) is 0 Å². The van der Waals surface area contributed by atoms with Gasteiger partial charge in [-0.05, 0) is 26.0 Å². The number of nitrogens with two attached hydrogens (primary N) is 1. The molecular weight excluding hydrogens is 240 g/mol. The third-order valence-corrected chi connectivity index (χ3v) is 3.00. The van der Waals surface area contributed by atoms with E-state index in [0.29, 0.717) is 0 Å². The second-order valence-corrected chi connectivity index (χ2v) is 4.68. The molecular formula is C11H16N2O3S. The average Bonchev–Trinajstić information content (AvgIpc) is 2.64. The lowest BCUT2D eigenvalue weighted by molar-refractivity contribution is -0.119. The summed E-state index contributed by atoms with van der Waals surface area (Å²) in [7, 11) is 0. The number of carbonyl (C=O) groups excluding carboxylic acids is 2. The molecule has 0 aliphatic heterocycles. The van der Waals surface area contributed by atoms with Crippen molar-refractivity contribution in [1.29, 1.82) is 0 Å². The third kappa shape index (κ3) is 4.95. The van der Waals surface area contributed by atoms with Gasteiger partial charge in [-0.3, -0.25) is 9.59 Å². The zero-order valence-electron chi connectivity index (χ0n) is 9.86. The van der Waals surface area contributed by atoms with Crippen LogP contribution in [0.5, 0.6) is 0 Å². The van der Waals surface area contributed by atoms with E-state index in [1.165, 1.54) is 11.8 Å². The number of rotatable bonds is 6. The lowest BCUT2D eigenvalue weighted by atomic mass is 10.2. The molecule has 1 heterocycles. The normalized spacial score (nSPS) is 12.1. The molecule has 1 rings (SSSR count). The predicted octanol–water partition coefficient (Wildman–Crippen LogP) is 0.984. The van der Waals surface area contributed by atoms with E-state index in [2.05, 4.69) is 5.32 Å². The summed E-state index contributed by atoms with van der Waals surface area (Å²) in [5, 5.41) is 2.78. The van der Waals surface area contributed by atoms with Crippen molar-refractivity contribution in [2.75, 3.05) is 11.5 Å². The van der Waals surface area contributed by atoms with Crippen LogP contribution in [-0.4, -0.2) is 23.3 Å². The molecule has 1 atom stereocenters. The van der Waals surface area contributed by atoms with Crippen LogP contribution in [0.2, 0.25) is 0 Å². The van der Waals surface area contributed by atoms with Gasteiger partial charge < -0.3 is 15.5 Å². The molecule has 1 aromatic rings. The Bertz CT molecular complexity index is 403. The first-order chi connectivity index (χ1) is 7.99. The van der Waals surface area contributed by atoms with Crippen LogP contribution in [-0.2, 0) is 9.59 Å². The molecule has 0 aliphatic carbocycles. The van der Waals surface area contributed by atoms with Gasteiger partial charge in [0.2, 0.25) is 11.8 Å². The van der Waals surface area contributed by atoms with Gasteiger partial charge in [0.15, 0.2) is 0 Å². The second-order valence-electron chi connectivity index (χ2n) is 3.70. The van der Waals surface area contributed by atoms with E-state index < -0.39 is 5.91 Å². The Labute approximate surface area is 104 Å². The first-order valence-electron chi connectivity index (χ1n) is 5.21. The van der Waals surface area contributed by atoms with Crippen LogP contribution in [0.25, 0.3) is 0 Å². The summed E-state index contributed by atoms with van der Waals surface area (Å²) < 4.78 is 5.39. The number of hydrogen-bond donors (Lipinski definition) is 2. The highest BCUT2D eigenvalue weighted by Gasteiger charge is 2.12. The number of primary amides is 1. The van der Waals surface area contributed by atoms with Crippen LogP contribution in [0, 0.1) is 6.92 Å². The lowest BCUT2D eigenvalue weighted by Gasteiger charge is -2.10. The highest BCUT2D eigenvalue weighted by molar-refractivity contribution is 8.00. The first-order valence-corrected chi connectivity index (χ1v) is 6.36. The molecule has 0 spiro atoms. The molecule has 2 amide bonds. The fraction of sp³-hybridized carbons (Fsp3) is 0.455. The number of thioether (sulfide) groups is 1. The summed E-state index contributed by atoms with van der Waals surface area (Å²) in [6.07, 6.45) is 0. The summed E-state index contributed by atoms with van der Waals surface area (Å²) in [5.41, 5.74) is 4.97. The first kappa shape index (κ1) is 13.6. The molecule has 0 unspecified atom stereocenters. The maximum Gasteiger partial charge on any atom is 0.230 e.